The number of aliphatic imine (C=N–C) groups is 1. The van der Waals surface area contributed by atoms with Crippen LogP contribution in [0.25, 0.3) is 0 Å². The molecular weight excluding hydrogens is 396 g/mol. The van der Waals surface area contributed by atoms with Crippen LogP contribution in [-0.2, 0) is 0 Å². The molecule has 0 spiro atoms. The SMILES string of the molecule is COc1ccc(N(C(=O)c2ccccc2)C(=Nc2ccc(C)cc2)c2ccccc2)cc1. The van der Waals surface area contributed by atoms with E-state index in [2.05, 4.69) is 0 Å². The summed E-state index contributed by atoms with van der Waals surface area (Å²) in [4.78, 5) is 20.4. The fourth-order valence-electron chi connectivity index (χ4n) is 3.35. The van der Waals surface area contributed by atoms with Crippen LogP contribution >= 0.6 is 0 Å². The first-order chi connectivity index (χ1) is 15.7. The van der Waals surface area contributed by atoms with Crippen LogP contribution in [-0.4, -0.2) is 18.9 Å². The monoisotopic (exact) mass is 420 g/mol. The number of nitrogens with zero attached hydrogens (tertiary/aromatic N) is 2. The van der Waals surface area contributed by atoms with E-state index in [0.717, 1.165) is 22.6 Å². The third kappa shape index (κ3) is 4.76. The highest BCUT2D eigenvalue weighted by Crippen LogP contribution is 2.26. The fraction of sp³-hybridized carbons (Fsp3) is 0.0714. The Bertz CT molecular complexity index is 1200. The second-order valence-electron chi connectivity index (χ2n) is 7.34. The van der Waals surface area contributed by atoms with Gasteiger partial charge in [0, 0.05) is 11.1 Å². The molecule has 0 aliphatic rings. The topological polar surface area (TPSA) is 41.9 Å². The molecule has 158 valence electrons. The van der Waals surface area contributed by atoms with Crippen LogP contribution in [0, 0.1) is 6.92 Å². The molecule has 0 unspecified atom stereocenters. The van der Waals surface area contributed by atoms with Crippen molar-refractivity contribution in [1.29, 1.82) is 0 Å². The summed E-state index contributed by atoms with van der Waals surface area (Å²) in [5.74, 6) is 1.11. The van der Waals surface area contributed by atoms with Crippen molar-refractivity contribution in [3.63, 3.8) is 0 Å². The number of methoxy groups -OCH3 is 1. The molecule has 0 aliphatic heterocycles. The fourth-order valence-corrected chi connectivity index (χ4v) is 3.35. The first kappa shape index (κ1) is 21.1. The molecule has 4 aromatic rings. The second-order valence-corrected chi connectivity index (χ2v) is 7.34. The summed E-state index contributed by atoms with van der Waals surface area (Å²) in [5.41, 5.74) is 4.05. The molecule has 32 heavy (non-hydrogen) atoms. The second kappa shape index (κ2) is 9.75. The number of aryl methyl sites for hydroxylation is 1. The maximum absolute atomic E-state index is 13.8. The van der Waals surface area contributed by atoms with Crippen LogP contribution in [0.2, 0.25) is 0 Å². The molecule has 0 radical (unpaired) electrons. The molecule has 0 heterocycles. The molecule has 0 fully saturated rings. The highest BCUT2D eigenvalue weighted by molar-refractivity contribution is 6.28. The molecule has 0 aliphatic carbocycles. The number of amides is 1. The zero-order valence-electron chi connectivity index (χ0n) is 18.1. The Hall–Kier alpha value is -4.18. The van der Waals surface area contributed by atoms with E-state index < -0.39 is 0 Å². The van der Waals surface area contributed by atoms with Crippen molar-refractivity contribution in [2.24, 2.45) is 4.99 Å². The van der Waals surface area contributed by atoms with E-state index in [4.69, 9.17) is 9.73 Å². The average Bonchev–Trinajstić information content (AvgIpc) is 2.86. The largest absolute Gasteiger partial charge is 0.497 e. The summed E-state index contributed by atoms with van der Waals surface area (Å²) >= 11 is 0. The van der Waals surface area contributed by atoms with Gasteiger partial charge in [-0.15, -0.1) is 0 Å². The molecule has 0 atom stereocenters. The minimum absolute atomic E-state index is 0.162. The first-order valence-electron chi connectivity index (χ1n) is 10.4. The van der Waals surface area contributed by atoms with E-state index in [-0.39, 0.29) is 5.91 Å². The average molecular weight is 421 g/mol. The van der Waals surface area contributed by atoms with Crippen molar-refractivity contribution in [3.05, 3.63) is 126 Å². The maximum Gasteiger partial charge on any atom is 0.264 e. The molecule has 4 rings (SSSR count). The van der Waals surface area contributed by atoms with E-state index in [0.29, 0.717) is 17.1 Å². The van der Waals surface area contributed by atoms with Gasteiger partial charge in [0.05, 0.1) is 18.5 Å². The van der Waals surface area contributed by atoms with Crippen LogP contribution < -0.4 is 9.64 Å². The molecule has 4 aromatic carbocycles. The third-order valence-electron chi connectivity index (χ3n) is 5.07. The molecule has 4 heteroatoms. The Labute approximate surface area is 188 Å². The standard InChI is InChI=1S/C28H24N2O2/c1-21-13-15-24(16-14-21)29-27(22-9-5-3-6-10-22)30(25-17-19-26(32-2)20-18-25)28(31)23-11-7-4-8-12-23/h3-20H,1-2H3. The number of carbonyl (C=O) groups is 1. The van der Waals surface area contributed by atoms with Crippen LogP contribution in [0.4, 0.5) is 11.4 Å². The van der Waals surface area contributed by atoms with Gasteiger partial charge < -0.3 is 4.74 Å². The van der Waals surface area contributed by atoms with E-state index >= 15 is 0 Å². The zero-order valence-corrected chi connectivity index (χ0v) is 18.1. The van der Waals surface area contributed by atoms with Gasteiger partial charge in [-0.2, -0.15) is 0 Å². The van der Waals surface area contributed by atoms with Crippen molar-refractivity contribution < 1.29 is 9.53 Å². The van der Waals surface area contributed by atoms with Gasteiger partial charge in [-0.05, 0) is 55.5 Å². The normalized spacial score (nSPS) is 11.1. The summed E-state index contributed by atoms with van der Waals surface area (Å²) in [6, 6.07) is 34.4. The number of hydrogen-bond donors (Lipinski definition) is 0. The molecule has 0 aromatic heterocycles. The molecule has 1 amide bonds. The zero-order chi connectivity index (χ0) is 22.3. The van der Waals surface area contributed by atoms with Crippen LogP contribution in [0.15, 0.2) is 114 Å². The smallest absolute Gasteiger partial charge is 0.264 e. The Morgan fingerprint density at radius 1 is 0.719 bits per heavy atom. The lowest BCUT2D eigenvalue weighted by atomic mass is 10.1. The lowest BCUT2D eigenvalue weighted by Crippen LogP contribution is -2.37. The summed E-state index contributed by atoms with van der Waals surface area (Å²) < 4.78 is 5.31. The van der Waals surface area contributed by atoms with Crippen molar-refractivity contribution >= 4 is 23.1 Å². The van der Waals surface area contributed by atoms with E-state index in [9.17, 15) is 4.79 Å². The van der Waals surface area contributed by atoms with Gasteiger partial charge in [0.1, 0.15) is 11.6 Å². The van der Waals surface area contributed by atoms with Gasteiger partial charge in [-0.1, -0.05) is 66.2 Å². The van der Waals surface area contributed by atoms with Gasteiger partial charge in [0.25, 0.3) is 5.91 Å². The Kier molecular flexibility index (Phi) is 6.42. The number of anilines is 1. The quantitative estimate of drug-likeness (QED) is 0.276. The number of benzene rings is 4. The van der Waals surface area contributed by atoms with Crippen LogP contribution in [0.3, 0.4) is 0 Å². The number of amidine groups is 1. The summed E-state index contributed by atoms with van der Waals surface area (Å²) in [6.45, 7) is 2.04. The Morgan fingerprint density at radius 2 is 1.28 bits per heavy atom. The molecule has 0 saturated carbocycles. The lowest BCUT2D eigenvalue weighted by Gasteiger charge is -2.25. The van der Waals surface area contributed by atoms with Crippen molar-refractivity contribution in [1.82, 2.24) is 0 Å². The number of carbonyl (C=O) groups excluding carboxylic acids is 1. The van der Waals surface area contributed by atoms with Gasteiger partial charge in [-0.3, -0.25) is 9.69 Å². The Balaban J connectivity index is 1.91. The minimum atomic E-state index is -0.162. The third-order valence-corrected chi connectivity index (χ3v) is 5.07. The number of rotatable bonds is 5. The van der Waals surface area contributed by atoms with Crippen LogP contribution in [0.5, 0.6) is 5.75 Å². The van der Waals surface area contributed by atoms with Gasteiger partial charge >= 0.3 is 0 Å². The maximum atomic E-state index is 13.8. The van der Waals surface area contributed by atoms with E-state index in [1.807, 2.05) is 116 Å². The van der Waals surface area contributed by atoms with E-state index in [1.165, 1.54) is 0 Å². The summed E-state index contributed by atoms with van der Waals surface area (Å²) in [5, 5.41) is 0. The van der Waals surface area contributed by atoms with Crippen LogP contribution in [0.1, 0.15) is 21.5 Å². The first-order valence-corrected chi connectivity index (χ1v) is 10.4. The number of hydrogen-bond acceptors (Lipinski definition) is 3. The minimum Gasteiger partial charge on any atom is -0.497 e. The lowest BCUT2D eigenvalue weighted by molar-refractivity contribution is 0.100. The van der Waals surface area contributed by atoms with Gasteiger partial charge in [-0.25, -0.2) is 4.99 Å². The molecule has 0 N–H and O–H groups in total. The predicted octanol–water partition coefficient (Wildman–Crippen LogP) is 6.43. The van der Waals surface area contributed by atoms with Crippen molar-refractivity contribution in [2.45, 2.75) is 6.92 Å². The molecular formula is C28H24N2O2. The predicted molar refractivity (Wildman–Crippen MR) is 130 cm³/mol. The van der Waals surface area contributed by atoms with Crippen molar-refractivity contribution in [3.8, 4) is 5.75 Å². The summed E-state index contributed by atoms with van der Waals surface area (Å²) in [6.07, 6.45) is 0. The highest BCUT2D eigenvalue weighted by Gasteiger charge is 2.24. The molecule has 0 bridgehead atoms. The van der Waals surface area contributed by atoms with Gasteiger partial charge in [0.2, 0.25) is 0 Å². The molecule has 4 nitrogen and oxygen atoms in total. The highest BCUT2D eigenvalue weighted by atomic mass is 16.5. The van der Waals surface area contributed by atoms with Crippen molar-refractivity contribution in [2.75, 3.05) is 12.0 Å². The number of ether oxygens (including phenoxy) is 1. The Morgan fingerprint density at radius 3 is 1.84 bits per heavy atom. The molecule has 0 saturated heterocycles. The summed E-state index contributed by atoms with van der Waals surface area (Å²) in [7, 11) is 1.62. The van der Waals surface area contributed by atoms with E-state index in [1.54, 1.807) is 12.0 Å². The van der Waals surface area contributed by atoms with Gasteiger partial charge in [0.15, 0.2) is 0 Å².